The molecule has 2 heterocycles. The standard InChI is InChI=1S/C22H17F3N4O/c23-22(24,25)14-27-21(30)28-18-8-4-7-17(11-18)19-13-26-20-12-16(9-10-29(19)20)15-5-2-1-3-6-15/h1-13H,14H2,(H2,27,28,30)/i1D,2D,3D,5D,6D. The SMILES string of the molecule is [2H]c1c([2H])c([2H])c(-c2ccn3c(-c4cccc(NC(=O)NCC(F)(F)F)c4)cnc3c2)c([2H])c1[2H]. The third-order valence-corrected chi connectivity index (χ3v) is 4.17. The van der Waals surface area contributed by atoms with E-state index in [4.69, 9.17) is 6.85 Å². The average molecular weight is 415 g/mol. The Bertz CT molecular complexity index is 1430. The van der Waals surface area contributed by atoms with Crippen LogP contribution in [0.4, 0.5) is 23.7 Å². The summed E-state index contributed by atoms with van der Waals surface area (Å²) >= 11 is 0. The Morgan fingerprint density at radius 2 is 1.87 bits per heavy atom. The predicted octanol–water partition coefficient (Wildman–Crippen LogP) is 5.35. The van der Waals surface area contributed by atoms with Crippen molar-refractivity contribution in [2.75, 3.05) is 11.9 Å². The predicted molar refractivity (Wildman–Crippen MR) is 109 cm³/mol. The number of hydrogen-bond donors (Lipinski definition) is 2. The van der Waals surface area contributed by atoms with Crippen molar-refractivity contribution in [2.24, 2.45) is 0 Å². The highest BCUT2D eigenvalue weighted by Crippen LogP contribution is 2.26. The van der Waals surface area contributed by atoms with Crippen molar-refractivity contribution in [1.29, 1.82) is 0 Å². The van der Waals surface area contributed by atoms with Crippen LogP contribution in [0.5, 0.6) is 0 Å². The highest BCUT2D eigenvalue weighted by Gasteiger charge is 2.27. The molecule has 0 saturated heterocycles. The molecule has 0 fully saturated rings. The second-order valence-electron chi connectivity index (χ2n) is 6.29. The van der Waals surface area contributed by atoms with Gasteiger partial charge in [0.05, 0.1) is 18.7 Å². The minimum atomic E-state index is -4.52. The van der Waals surface area contributed by atoms with Crippen molar-refractivity contribution in [3.8, 4) is 22.4 Å². The number of hydrogen-bond acceptors (Lipinski definition) is 2. The van der Waals surface area contributed by atoms with Crippen LogP contribution in [0.3, 0.4) is 0 Å². The van der Waals surface area contributed by atoms with Gasteiger partial charge in [-0.1, -0.05) is 42.3 Å². The summed E-state index contributed by atoms with van der Waals surface area (Å²) < 4.78 is 78.4. The second kappa shape index (κ2) is 7.90. The van der Waals surface area contributed by atoms with E-state index < -0.39 is 36.9 Å². The first-order chi connectivity index (χ1) is 16.5. The molecule has 0 spiro atoms. The summed E-state index contributed by atoms with van der Waals surface area (Å²) in [5.74, 6) is 0. The maximum atomic E-state index is 12.3. The van der Waals surface area contributed by atoms with Gasteiger partial charge in [0, 0.05) is 17.4 Å². The summed E-state index contributed by atoms with van der Waals surface area (Å²) in [6.45, 7) is -1.46. The zero-order chi connectivity index (χ0) is 25.5. The molecule has 0 aliphatic heterocycles. The summed E-state index contributed by atoms with van der Waals surface area (Å²) in [4.78, 5) is 16.1. The van der Waals surface area contributed by atoms with E-state index in [0.29, 0.717) is 22.5 Å². The van der Waals surface area contributed by atoms with Crippen molar-refractivity contribution in [1.82, 2.24) is 14.7 Å². The topological polar surface area (TPSA) is 58.4 Å². The molecule has 0 aliphatic rings. The maximum Gasteiger partial charge on any atom is 0.405 e. The van der Waals surface area contributed by atoms with E-state index in [1.807, 2.05) is 0 Å². The Morgan fingerprint density at radius 3 is 2.63 bits per heavy atom. The number of halogens is 3. The van der Waals surface area contributed by atoms with Crippen molar-refractivity contribution in [2.45, 2.75) is 6.18 Å². The summed E-state index contributed by atoms with van der Waals surface area (Å²) in [7, 11) is 0. The molecular formula is C22H17F3N4O. The molecule has 2 aromatic carbocycles. The maximum absolute atomic E-state index is 12.3. The zero-order valence-electron chi connectivity index (χ0n) is 20.3. The lowest BCUT2D eigenvalue weighted by Crippen LogP contribution is -2.36. The highest BCUT2D eigenvalue weighted by atomic mass is 19.4. The number of nitrogens with one attached hydrogen (secondary N) is 2. The number of rotatable bonds is 4. The number of amides is 2. The summed E-state index contributed by atoms with van der Waals surface area (Å²) in [6.07, 6.45) is -1.35. The van der Waals surface area contributed by atoms with Crippen molar-refractivity contribution < 1.29 is 24.8 Å². The highest BCUT2D eigenvalue weighted by molar-refractivity contribution is 5.90. The number of anilines is 1. The van der Waals surface area contributed by atoms with Gasteiger partial charge in [0.25, 0.3) is 0 Å². The molecule has 5 nitrogen and oxygen atoms in total. The van der Waals surface area contributed by atoms with Gasteiger partial charge < -0.3 is 10.6 Å². The second-order valence-corrected chi connectivity index (χ2v) is 6.29. The fourth-order valence-corrected chi connectivity index (χ4v) is 2.86. The van der Waals surface area contributed by atoms with Crippen molar-refractivity contribution in [3.05, 3.63) is 79.0 Å². The molecule has 0 aliphatic carbocycles. The van der Waals surface area contributed by atoms with Crippen LogP contribution in [0.1, 0.15) is 6.85 Å². The molecule has 2 amide bonds. The number of alkyl halides is 3. The first-order valence-corrected chi connectivity index (χ1v) is 8.72. The first kappa shape index (κ1) is 14.2. The van der Waals surface area contributed by atoms with Crippen LogP contribution < -0.4 is 10.6 Å². The quantitative estimate of drug-likeness (QED) is 0.472. The lowest BCUT2D eigenvalue weighted by Gasteiger charge is -2.11. The van der Waals surface area contributed by atoms with Crippen LogP contribution in [-0.4, -0.2) is 28.1 Å². The molecular weight excluding hydrogens is 393 g/mol. The lowest BCUT2D eigenvalue weighted by molar-refractivity contribution is -0.122. The van der Waals surface area contributed by atoms with Gasteiger partial charge in [-0.3, -0.25) is 4.40 Å². The number of urea groups is 1. The minimum Gasteiger partial charge on any atom is -0.329 e. The molecule has 2 aromatic heterocycles. The molecule has 0 atom stereocenters. The van der Waals surface area contributed by atoms with Gasteiger partial charge in [0.2, 0.25) is 0 Å². The number of carbonyl (C=O) groups is 1. The van der Waals surface area contributed by atoms with E-state index in [9.17, 15) is 18.0 Å². The van der Waals surface area contributed by atoms with Crippen LogP contribution in [0.2, 0.25) is 0 Å². The number of aromatic nitrogens is 2. The molecule has 30 heavy (non-hydrogen) atoms. The van der Waals surface area contributed by atoms with Crippen molar-refractivity contribution >= 4 is 17.4 Å². The number of benzene rings is 2. The number of imidazole rings is 1. The number of pyridine rings is 1. The molecule has 152 valence electrons. The monoisotopic (exact) mass is 415 g/mol. The minimum absolute atomic E-state index is 0.0547. The molecule has 4 rings (SSSR count). The smallest absolute Gasteiger partial charge is 0.329 e. The Morgan fingerprint density at radius 1 is 1.07 bits per heavy atom. The van der Waals surface area contributed by atoms with Gasteiger partial charge in [-0.2, -0.15) is 13.2 Å². The van der Waals surface area contributed by atoms with E-state index in [1.54, 1.807) is 52.4 Å². The fourth-order valence-electron chi connectivity index (χ4n) is 2.86. The van der Waals surface area contributed by atoms with Crippen LogP contribution >= 0.6 is 0 Å². The van der Waals surface area contributed by atoms with Gasteiger partial charge in [0.15, 0.2) is 0 Å². The van der Waals surface area contributed by atoms with Crippen LogP contribution in [0.15, 0.2) is 79.0 Å². The van der Waals surface area contributed by atoms with Crippen LogP contribution in [-0.2, 0) is 0 Å². The Balaban J connectivity index is 1.65. The van der Waals surface area contributed by atoms with Gasteiger partial charge in [-0.25, -0.2) is 9.78 Å². The molecule has 0 bridgehead atoms. The van der Waals surface area contributed by atoms with Gasteiger partial charge in [-0.05, 0) is 35.4 Å². The van der Waals surface area contributed by atoms with E-state index in [-0.39, 0.29) is 23.3 Å². The average Bonchev–Trinajstić information content (AvgIpc) is 3.23. The van der Waals surface area contributed by atoms with E-state index in [2.05, 4.69) is 10.3 Å². The molecule has 2 N–H and O–H groups in total. The molecule has 0 radical (unpaired) electrons. The van der Waals surface area contributed by atoms with Gasteiger partial charge in [-0.15, -0.1) is 0 Å². The Kier molecular flexibility index (Phi) is 3.74. The molecule has 0 saturated carbocycles. The molecule has 0 unspecified atom stereocenters. The number of fused-ring (bicyclic) bond motifs is 1. The van der Waals surface area contributed by atoms with Crippen molar-refractivity contribution in [3.63, 3.8) is 0 Å². The zero-order valence-corrected chi connectivity index (χ0v) is 15.3. The first-order valence-electron chi connectivity index (χ1n) is 11.2. The van der Waals surface area contributed by atoms with E-state index in [0.717, 1.165) is 0 Å². The Labute approximate surface area is 177 Å². The molecule has 4 aromatic rings. The number of nitrogens with zero attached hydrogens (tertiary/aromatic N) is 2. The van der Waals surface area contributed by atoms with Crippen LogP contribution in [0, 0.1) is 0 Å². The summed E-state index contributed by atoms with van der Waals surface area (Å²) in [5, 5.41) is 4.09. The Hall–Kier alpha value is -3.81. The third-order valence-electron chi connectivity index (χ3n) is 4.17. The largest absolute Gasteiger partial charge is 0.405 e. The van der Waals surface area contributed by atoms with E-state index in [1.165, 1.54) is 6.07 Å². The lowest BCUT2D eigenvalue weighted by atomic mass is 10.1. The summed E-state index contributed by atoms with van der Waals surface area (Å²) in [5.41, 5.74) is 2.37. The third kappa shape index (κ3) is 4.43. The fraction of sp³-hybridized carbons (Fsp3) is 0.0909. The van der Waals surface area contributed by atoms with Crippen LogP contribution in [0.25, 0.3) is 28.0 Å². The van der Waals surface area contributed by atoms with Gasteiger partial charge >= 0.3 is 12.2 Å². The number of carbonyl (C=O) groups excluding carboxylic acids is 1. The van der Waals surface area contributed by atoms with Gasteiger partial charge in [0.1, 0.15) is 12.2 Å². The normalized spacial score (nSPS) is 13.8. The van der Waals surface area contributed by atoms with E-state index >= 15 is 0 Å². The molecule has 8 heteroatoms. The summed E-state index contributed by atoms with van der Waals surface area (Å²) in [6, 6.07) is 6.63.